The monoisotopic (exact) mass is 527 g/mol. The lowest BCUT2D eigenvalue weighted by atomic mass is 10.1. The summed E-state index contributed by atoms with van der Waals surface area (Å²) >= 11 is 9.40. The van der Waals surface area contributed by atoms with Gasteiger partial charge in [0.2, 0.25) is 5.78 Å². The van der Waals surface area contributed by atoms with Crippen molar-refractivity contribution in [2.24, 2.45) is 0 Å². The molecule has 0 saturated carbocycles. The maximum atomic E-state index is 13.5. The Morgan fingerprint density at radius 3 is 2.41 bits per heavy atom. The normalized spacial score (nSPS) is 12.3. The first-order valence-corrected chi connectivity index (χ1v) is 12.6. The molecule has 4 nitrogen and oxygen atoms in total. The number of hydrogen-bond donors (Lipinski definition) is 1. The minimum Gasteiger partial charge on any atom is -0.361 e. The standard InChI is InChI=1S/C25H19BrClNO3S/c1-16-2-4-17(5-3-16)15-32(30,31)24(25(29)18-6-9-21(27)10-7-18)12-19-14-28-23-11-8-20(26)13-22(19)23/h2-14,28H,15H2,1H3. The van der Waals surface area contributed by atoms with Gasteiger partial charge in [-0.05, 0) is 61.0 Å². The molecule has 0 fully saturated rings. The molecule has 3 aromatic carbocycles. The van der Waals surface area contributed by atoms with Crippen molar-refractivity contribution in [3.8, 4) is 0 Å². The second kappa shape index (κ2) is 9.06. The van der Waals surface area contributed by atoms with Crippen LogP contribution in [0.25, 0.3) is 17.0 Å². The zero-order valence-electron chi connectivity index (χ0n) is 17.1. The third-order valence-electron chi connectivity index (χ3n) is 5.10. The van der Waals surface area contributed by atoms with E-state index in [9.17, 15) is 13.2 Å². The quantitative estimate of drug-likeness (QED) is 0.223. The van der Waals surface area contributed by atoms with Gasteiger partial charge in [-0.15, -0.1) is 0 Å². The first-order chi connectivity index (χ1) is 15.2. The molecule has 0 bridgehead atoms. The Morgan fingerprint density at radius 2 is 1.72 bits per heavy atom. The number of nitrogens with one attached hydrogen (secondary N) is 1. The molecule has 0 unspecified atom stereocenters. The van der Waals surface area contributed by atoms with Gasteiger partial charge in [-0.3, -0.25) is 4.79 Å². The fourth-order valence-corrected chi connectivity index (χ4v) is 5.38. The van der Waals surface area contributed by atoms with Crippen molar-refractivity contribution in [1.82, 2.24) is 4.98 Å². The van der Waals surface area contributed by atoms with E-state index >= 15 is 0 Å². The number of fused-ring (bicyclic) bond motifs is 1. The number of ketones is 1. The van der Waals surface area contributed by atoms with Gasteiger partial charge < -0.3 is 4.98 Å². The maximum absolute atomic E-state index is 13.5. The number of aromatic amines is 1. The average molecular weight is 529 g/mol. The smallest absolute Gasteiger partial charge is 0.204 e. The van der Waals surface area contributed by atoms with Crippen molar-refractivity contribution in [3.05, 3.63) is 110 Å². The van der Waals surface area contributed by atoms with Gasteiger partial charge in [-0.2, -0.15) is 0 Å². The summed E-state index contributed by atoms with van der Waals surface area (Å²) in [4.78, 5) is 16.2. The first kappa shape index (κ1) is 22.5. The topological polar surface area (TPSA) is 67.0 Å². The Hall–Kier alpha value is -2.67. The van der Waals surface area contributed by atoms with E-state index in [1.54, 1.807) is 30.5 Å². The van der Waals surface area contributed by atoms with Crippen molar-refractivity contribution in [2.75, 3.05) is 0 Å². The molecule has 0 atom stereocenters. The van der Waals surface area contributed by atoms with E-state index in [0.29, 0.717) is 16.1 Å². The number of H-pyrrole nitrogens is 1. The lowest BCUT2D eigenvalue weighted by Gasteiger charge is -2.10. The number of allylic oxidation sites excluding steroid dienone is 1. The third-order valence-corrected chi connectivity index (χ3v) is 7.54. The van der Waals surface area contributed by atoms with Crippen LogP contribution in [0.15, 0.2) is 82.3 Å². The molecular weight excluding hydrogens is 510 g/mol. The number of halogens is 2. The summed E-state index contributed by atoms with van der Waals surface area (Å²) in [6.45, 7) is 1.93. The van der Waals surface area contributed by atoms with Crippen LogP contribution in [0.4, 0.5) is 0 Å². The molecule has 0 spiro atoms. The molecule has 1 heterocycles. The van der Waals surface area contributed by atoms with Crippen LogP contribution >= 0.6 is 27.5 Å². The maximum Gasteiger partial charge on any atom is 0.204 e. The number of aromatic nitrogens is 1. The third kappa shape index (κ3) is 4.88. The largest absolute Gasteiger partial charge is 0.361 e. The fraction of sp³-hybridized carbons (Fsp3) is 0.0800. The van der Waals surface area contributed by atoms with Gasteiger partial charge >= 0.3 is 0 Å². The number of benzene rings is 3. The molecule has 0 aliphatic carbocycles. The van der Waals surface area contributed by atoms with Crippen LogP contribution in [-0.4, -0.2) is 19.2 Å². The molecule has 0 aliphatic heterocycles. The van der Waals surface area contributed by atoms with Gasteiger partial charge in [0, 0.05) is 37.7 Å². The van der Waals surface area contributed by atoms with Crippen LogP contribution < -0.4 is 0 Å². The van der Waals surface area contributed by atoms with Gasteiger partial charge in [0.05, 0.1) is 5.75 Å². The zero-order valence-corrected chi connectivity index (χ0v) is 20.3. The molecule has 162 valence electrons. The van der Waals surface area contributed by atoms with Crippen LogP contribution in [0, 0.1) is 6.92 Å². The SMILES string of the molecule is Cc1ccc(CS(=O)(=O)C(=Cc2c[nH]c3ccc(Br)cc23)C(=O)c2ccc(Cl)cc2)cc1. The van der Waals surface area contributed by atoms with Gasteiger partial charge in [0.1, 0.15) is 4.91 Å². The molecule has 0 amide bonds. The fourth-order valence-electron chi connectivity index (χ4n) is 3.40. The van der Waals surface area contributed by atoms with E-state index in [1.807, 2.05) is 37.3 Å². The summed E-state index contributed by atoms with van der Waals surface area (Å²) in [5, 5.41) is 1.28. The van der Waals surface area contributed by atoms with E-state index in [0.717, 1.165) is 20.9 Å². The van der Waals surface area contributed by atoms with Crippen LogP contribution in [0.1, 0.15) is 27.0 Å². The Kier molecular flexibility index (Phi) is 6.38. The average Bonchev–Trinajstić information content (AvgIpc) is 3.15. The zero-order chi connectivity index (χ0) is 22.9. The number of aryl methyl sites for hydroxylation is 1. The number of hydrogen-bond acceptors (Lipinski definition) is 3. The Labute approximate surface area is 200 Å². The highest BCUT2D eigenvalue weighted by Crippen LogP contribution is 2.28. The minimum atomic E-state index is -3.95. The van der Waals surface area contributed by atoms with Gasteiger partial charge in [0.15, 0.2) is 9.84 Å². The van der Waals surface area contributed by atoms with Crippen molar-refractivity contribution >= 4 is 60.1 Å². The second-order valence-corrected chi connectivity index (χ2v) is 10.8. The second-order valence-electron chi connectivity index (χ2n) is 7.52. The molecule has 0 radical (unpaired) electrons. The highest BCUT2D eigenvalue weighted by Gasteiger charge is 2.27. The van der Waals surface area contributed by atoms with Crippen LogP contribution in [-0.2, 0) is 15.6 Å². The van der Waals surface area contributed by atoms with Crippen molar-refractivity contribution in [3.63, 3.8) is 0 Å². The lowest BCUT2D eigenvalue weighted by molar-refractivity contribution is 0.104. The van der Waals surface area contributed by atoms with Crippen LogP contribution in [0.5, 0.6) is 0 Å². The predicted molar refractivity (Wildman–Crippen MR) is 134 cm³/mol. The molecule has 0 aliphatic rings. The van der Waals surface area contributed by atoms with Crippen LogP contribution in [0.3, 0.4) is 0 Å². The van der Waals surface area contributed by atoms with Crippen molar-refractivity contribution < 1.29 is 13.2 Å². The molecule has 1 N–H and O–H groups in total. The minimum absolute atomic E-state index is 0.258. The summed E-state index contributed by atoms with van der Waals surface area (Å²) in [7, 11) is -3.95. The van der Waals surface area contributed by atoms with E-state index < -0.39 is 15.6 Å². The lowest BCUT2D eigenvalue weighted by Crippen LogP contribution is -2.16. The Bertz CT molecular complexity index is 1440. The molecular formula is C25H19BrClNO3S. The first-order valence-electron chi connectivity index (χ1n) is 9.80. The van der Waals surface area contributed by atoms with Gasteiger partial charge in [0.25, 0.3) is 0 Å². The summed E-state index contributed by atoms with van der Waals surface area (Å²) < 4.78 is 27.8. The summed E-state index contributed by atoms with van der Waals surface area (Å²) in [6, 6.07) is 19.1. The van der Waals surface area contributed by atoms with E-state index in [-0.39, 0.29) is 16.2 Å². The van der Waals surface area contributed by atoms with E-state index in [4.69, 9.17) is 11.6 Å². The molecule has 4 rings (SSSR count). The van der Waals surface area contributed by atoms with E-state index in [1.165, 1.54) is 18.2 Å². The number of rotatable bonds is 6. The molecule has 32 heavy (non-hydrogen) atoms. The number of carbonyl (C=O) groups excluding carboxylic acids is 1. The van der Waals surface area contributed by atoms with Gasteiger partial charge in [-0.25, -0.2) is 8.42 Å². The highest BCUT2D eigenvalue weighted by atomic mass is 79.9. The predicted octanol–water partition coefficient (Wildman–Crippen LogP) is 6.73. The van der Waals surface area contributed by atoms with Gasteiger partial charge in [-0.1, -0.05) is 57.4 Å². The number of carbonyl (C=O) groups is 1. The number of sulfone groups is 1. The summed E-state index contributed by atoms with van der Waals surface area (Å²) in [6.07, 6.45) is 3.15. The molecule has 1 aromatic heterocycles. The van der Waals surface area contributed by atoms with Crippen molar-refractivity contribution in [1.29, 1.82) is 0 Å². The molecule has 4 aromatic rings. The molecule has 7 heteroatoms. The summed E-state index contributed by atoms with van der Waals surface area (Å²) in [5.74, 6) is -0.845. The highest BCUT2D eigenvalue weighted by molar-refractivity contribution is 9.10. The van der Waals surface area contributed by atoms with E-state index in [2.05, 4.69) is 20.9 Å². The Balaban J connectivity index is 1.84. The van der Waals surface area contributed by atoms with Crippen molar-refractivity contribution in [2.45, 2.75) is 12.7 Å². The number of Topliss-reactive ketones (excluding diaryl/α,β-unsaturated/α-hetero) is 1. The molecule has 0 saturated heterocycles. The summed E-state index contributed by atoms with van der Waals surface area (Å²) in [5.41, 5.74) is 3.37. The Morgan fingerprint density at radius 1 is 1.03 bits per heavy atom. The van der Waals surface area contributed by atoms with Crippen LogP contribution in [0.2, 0.25) is 5.02 Å².